The number of nitrogens with zero attached hydrogens (tertiary/aromatic N) is 6. The highest BCUT2D eigenvalue weighted by atomic mass is 35.5. The molecule has 1 fully saturated rings. The number of hydrogen-bond donors (Lipinski definition) is 1. The summed E-state index contributed by atoms with van der Waals surface area (Å²) in [5.41, 5.74) is 0.824. The maximum absolute atomic E-state index is 14.2. The smallest absolute Gasteiger partial charge is 0.264 e. The van der Waals surface area contributed by atoms with Crippen molar-refractivity contribution in [2.24, 2.45) is 5.92 Å². The molecule has 0 bridgehead atoms. The van der Waals surface area contributed by atoms with Gasteiger partial charge in [0.05, 0.1) is 29.8 Å². The Kier molecular flexibility index (Phi) is 10.2. The van der Waals surface area contributed by atoms with Crippen LogP contribution in [0.5, 0.6) is 11.5 Å². The van der Waals surface area contributed by atoms with E-state index < -0.39 is 0 Å². The number of carbonyl (C=O) groups is 1. The molecule has 0 unspecified atom stereocenters. The van der Waals surface area contributed by atoms with Gasteiger partial charge in [-0.2, -0.15) is 10.2 Å². The highest BCUT2D eigenvalue weighted by Crippen LogP contribution is 2.45. The molecular formula is C30H35Cl2N7O4. The summed E-state index contributed by atoms with van der Waals surface area (Å²) in [5.74, 6) is 0.847. The van der Waals surface area contributed by atoms with Crippen LogP contribution in [0.3, 0.4) is 0 Å². The van der Waals surface area contributed by atoms with Gasteiger partial charge >= 0.3 is 0 Å². The number of likely N-dealkylation sites (tertiary alicyclic amines) is 1. The molecule has 1 aromatic carbocycles. The molecule has 13 heteroatoms. The lowest BCUT2D eigenvalue weighted by Crippen LogP contribution is -2.61. The van der Waals surface area contributed by atoms with E-state index in [0.717, 1.165) is 0 Å². The zero-order chi connectivity index (χ0) is 31.4. The van der Waals surface area contributed by atoms with Crippen LogP contribution in [0.2, 0.25) is 10.0 Å². The van der Waals surface area contributed by atoms with E-state index in [1.54, 1.807) is 40.9 Å². The first-order valence-electron chi connectivity index (χ1n) is 13.9. The van der Waals surface area contributed by atoms with Gasteiger partial charge in [-0.25, -0.2) is 4.98 Å². The standard InChI is InChI=1S/C30H35Cl2N7O4/c1-7-37(20-15-38(16-20)28(40)18(13-33)10-17(2)3)8-9-39-27-19(14-35-30(34-4)36-27)11-21(29(39)41)24-25(31)22(42-5)12-23(43-6)26(24)32/h10-12,14,17,20H,7-9,15-16H2,1-6H3,(H,34,35,36)/b18-10-. The van der Waals surface area contributed by atoms with Crippen molar-refractivity contribution in [1.29, 1.82) is 5.26 Å². The van der Waals surface area contributed by atoms with Gasteiger partial charge in [-0.1, -0.05) is 50.0 Å². The van der Waals surface area contributed by atoms with E-state index >= 15 is 0 Å². The number of pyridine rings is 1. The van der Waals surface area contributed by atoms with Crippen molar-refractivity contribution in [3.63, 3.8) is 0 Å². The van der Waals surface area contributed by atoms with E-state index in [0.29, 0.717) is 66.8 Å². The van der Waals surface area contributed by atoms with Gasteiger partial charge in [0, 0.05) is 62.5 Å². The second-order valence-corrected chi connectivity index (χ2v) is 11.2. The lowest BCUT2D eigenvalue weighted by atomic mass is 10.0. The summed E-state index contributed by atoms with van der Waals surface area (Å²) in [5, 5.41) is 13.3. The average Bonchev–Trinajstić information content (AvgIpc) is 2.97. The monoisotopic (exact) mass is 627 g/mol. The van der Waals surface area contributed by atoms with Gasteiger partial charge in [-0.3, -0.25) is 19.1 Å². The molecule has 43 heavy (non-hydrogen) atoms. The number of likely N-dealkylation sites (N-methyl/N-ethyl adjacent to an activating group) is 1. The summed E-state index contributed by atoms with van der Waals surface area (Å²) < 4.78 is 12.5. The molecule has 1 aliphatic heterocycles. The molecule has 3 aromatic rings. The van der Waals surface area contributed by atoms with Crippen LogP contribution in [0.15, 0.2) is 34.8 Å². The number of rotatable bonds is 11. The number of nitriles is 1. The molecule has 0 atom stereocenters. The van der Waals surface area contributed by atoms with Crippen molar-refractivity contribution in [1.82, 2.24) is 24.3 Å². The third-order valence-electron chi connectivity index (χ3n) is 7.43. The minimum absolute atomic E-state index is 0.0899. The molecule has 1 saturated heterocycles. The van der Waals surface area contributed by atoms with E-state index in [-0.39, 0.29) is 44.6 Å². The first-order chi connectivity index (χ1) is 20.6. The molecular weight excluding hydrogens is 593 g/mol. The van der Waals surface area contributed by atoms with Crippen molar-refractivity contribution >= 4 is 46.1 Å². The molecule has 0 spiro atoms. The van der Waals surface area contributed by atoms with Crippen LogP contribution in [0.1, 0.15) is 20.8 Å². The van der Waals surface area contributed by atoms with Crippen molar-refractivity contribution < 1.29 is 14.3 Å². The first-order valence-corrected chi connectivity index (χ1v) is 14.7. The number of anilines is 1. The Balaban J connectivity index is 1.69. The van der Waals surface area contributed by atoms with Gasteiger partial charge in [-0.05, 0) is 18.5 Å². The molecule has 11 nitrogen and oxygen atoms in total. The largest absolute Gasteiger partial charge is 0.495 e. The molecule has 0 aliphatic carbocycles. The SMILES string of the molecule is CCN(CCn1c(=O)c(-c2c(Cl)c(OC)cc(OC)c2Cl)cc2cnc(NC)nc21)C1CN(C(=O)/C(C#N)=C\C(C)C)C1. The molecule has 1 N–H and O–H groups in total. The molecule has 1 amide bonds. The highest BCUT2D eigenvalue weighted by Gasteiger charge is 2.35. The minimum atomic E-state index is -0.341. The molecule has 4 rings (SSSR count). The van der Waals surface area contributed by atoms with Crippen molar-refractivity contribution in [2.45, 2.75) is 33.4 Å². The predicted octanol–water partition coefficient (Wildman–Crippen LogP) is 4.46. The Morgan fingerprint density at radius 3 is 2.42 bits per heavy atom. The van der Waals surface area contributed by atoms with Crippen LogP contribution in [-0.2, 0) is 11.3 Å². The van der Waals surface area contributed by atoms with Crippen LogP contribution in [0, 0.1) is 17.2 Å². The number of amides is 1. The van der Waals surface area contributed by atoms with E-state index in [1.807, 2.05) is 26.8 Å². The zero-order valence-electron chi connectivity index (χ0n) is 25.1. The summed E-state index contributed by atoms with van der Waals surface area (Å²) in [6, 6.07) is 5.36. The van der Waals surface area contributed by atoms with Crippen LogP contribution >= 0.6 is 23.2 Å². The lowest BCUT2D eigenvalue weighted by molar-refractivity contribution is -0.134. The summed E-state index contributed by atoms with van der Waals surface area (Å²) in [7, 11) is 4.65. The van der Waals surface area contributed by atoms with Crippen LogP contribution < -0.4 is 20.3 Å². The number of methoxy groups -OCH3 is 2. The van der Waals surface area contributed by atoms with E-state index in [1.165, 1.54) is 14.2 Å². The first kappa shape index (κ1) is 32.1. The fourth-order valence-corrected chi connectivity index (χ4v) is 5.83. The Morgan fingerprint density at radius 1 is 1.23 bits per heavy atom. The molecule has 2 aromatic heterocycles. The van der Waals surface area contributed by atoms with E-state index in [4.69, 9.17) is 32.7 Å². The number of nitrogens with one attached hydrogen (secondary N) is 1. The van der Waals surface area contributed by atoms with Gasteiger partial charge in [0.15, 0.2) is 0 Å². The molecule has 0 saturated carbocycles. The summed E-state index contributed by atoms with van der Waals surface area (Å²) >= 11 is 13.4. The van der Waals surface area contributed by atoms with Crippen LogP contribution in [0.4, 0.5) is 5.95 Å². The molecule has 0 radical (unpaired) electrons. The second-order valence-electron chi connectivity index (χ2n) is 10.5. The zero-order valence-corrected chi connectivity index (χ0v) is 26.6. The van der Waals surface area contributed by atoms with Crippen LogP contribution in [-0.4, -0.2) is 83.7 Å². The number of aromatic nitrogens is 3. The number of allylic oxidation sites excluding steroid dienone is 1. The minimum Gasteiger partial charge on any atom is -0.495 e. The van der Waals surface area contributed by atoms with Gasteiger partial charge in [0.1, 0.15) is 28.8 Å². The molecule has 228 valence electrons. The lowest BCUT2D eigenvalue weighted by Gasteiger charge is -2.45. The number of ether oxygens (including phenoxy) is 2. The third-order valence-corrected chi connectivity index (χ3v) is 8.18. The molecule has 1 aliphatic rings. The molecule has 3 heterocycles. The van der Waals surface area contributed by atoms with Gasteiger partial charge in [-0.15, -0.1) is 0 Å². The van der Waals surface area contributed by atoms with Crippen molar-refractivity contribution in [3.8, 4) is 28.7 Å². The summed E-state index contributed by atoms with van der Waals surface area (Å²) in [6.45, 7) is 8.41. The highest BCUT2D eigenvalue weighted by molar-refractivity contribution is 6.41. The third kappa shape index (κ3) is 6.42. The average molecular weight is 629 g/mol. The maximum atomic E-state index is 14.2. The summed E-state index contributed by atoms with van der Waals surface area (Å²) in [6.07, 6.45) is 3.33. The van der Waals surface area contributed by atoms with E-state index in [2.05, 4.69) is 20.2 Å². The maximum Gasteiger partial charge on any atom is 0.264 e. The Labute approximate surface area is 260 Å². The predicted molar refractivity (Wildman–Crippen MR) is 168 cm³/mol. The van der Waals surface area contributed by atoms with Crippen molar-refractivity contribution in [3.05, 3.63) is 50.4 Å². The number of hydrogen-bond acceptors (Lipinski definition) is 9. The summed E-state index contributed by atoms with van der Waals surface area (Å²) in [4.78, 5) is 39.8. The Bertz CT molecular complexity index is 1630. The second kappa shape index (κ2) is 13.6. The number of benzene rings is 1. The number of carbonyl (C=O) groups excluding carboxylic acids is 1. The quantitative estimate of drug-likeness (QED) is 0.242. The number of halogens is 2. The fourth-order valence-electron chi connectivity index (χ4n) is 5.13. The number of fused-ring (bicyclic) bond motifs is 1. The van der Waals surface area contributed by atoms with Gasteiger partial charge in [0.2, 0.25) is 5.95 Å². The Morgan fingerprint density at radius 2 is 1.88 bits per heavy atom. The topological polar surface area (TPSA) is 126 Å². The fraction of sp³-hybridized carbons (Fsp3) is 0.433. The van der Waals surface area contributed by atoms with Crippen LogP contribution in [0.25, 0.3) is 22.2 Å². The van der Waals surface area contributed by atoms with E-state index in [9.17, 15) is 14.9 Å². The normalized spacial score (nSPS) is 13.8. The van der Waals surface area contributed by atoms with Crippen molar-refractivity contribution in [2.75, 3.05) is 52.8 Å². The Hall–Kier alpha value is -3.85. The van der Waals surface area contributed by atoms with Gasteiger partial charge < -0.3 is 19.7 Å². The van der Waals surface area contributed by atoms with Gasteiger partial charge in [0.25, 0.3) is 11.5 Å².